The van der Waals surface area contributed by atoms with Crippen molar-refractivity contribution in [2.75, 3.05) is 0 Å². The molecule has 2 aromatic carbocycles. The lowest BCUT2D eigenvalue weighted by molar-refractivity contribution is 0.624. The molecule has 114 valence electrons. The Morgan fingerprint density at radius 1 is 1.13 bits per heavy atom. The van der Waals surface area contributed by atoms with Crippen LogP contribution in [0.5, 0.6) is 0 Å². The molecule has 0 fully saturated rings. The number of hydrogen-bond donors (Lipinski definition) is 0. The van der Waals surface area contributed by atoms with E-state index in [0.717, 1.165) is 5.69 Å². The third-order valence-electron chi connectivity index (χ3n) is 3.70. The van der Waals surface area contributed by atoms with Crippen molar-refractivity contribution in [3.8, 4) is 23.0 Å². The summed E-state index contributed by atoms with van der Waals surface area (Å²) in [4.78, 5) is 0. The standard InChI is InChI=1S/C18H15FN4/c1-12(2)13-5-7-16(8-6-13)23-11-18(21-22-23)14-3-4-15(10-20)17(19)9-14/h3-9,11-12H,1-2H3. The maximum Gasteiger partial charge on any atom is 0.141 e. The van der Waals surface area contributed by atoms with Gasteiger partial charge in [-0.1, -0.05) is 37.3 Å². The van der Waals surface area contributed by atoms with Crippen LogP contribution < -0.4 is 0 Å². The molecule has 1 heterocycles. The highest BCUT2D eigenvalue weighted by atomic mass is 19.1. The van der Waals surface area contributed by atoms with Crippen LogP contribution in [0.2, 0.25) is 0 Å². The van der Waals surface area contributed by atoms with Crippen molar-refractivity contribution in [1.82, 2.24) is 15.0 Å². The van der Waals surface area contributed by atoms with Gasteiger partial charge in [-0.15, -0.1) is 5.10 Å². The zero-order valence-electron chi connectivity index (χ0n) is 12.9. The fourth-order valence-corrected chi connectivity index (χ4v) is 2.30. The number of benzene rings is 2. The average Bonchev–Trinajstić information content (AvgIpc) is 3.05. The fraction of sp³-hybridized carbons (Fsp3) is 0.167. The van der Waals surface area contributed by atoms with E-state index in [0.29, 0.717) is 17.2 Å². The van der Waals surface area contributed by atoms with Gasteiger partial charge in [0.15, 0.2) is 0 Å². The van der Waals surface area contributed by atoms with Gasteiger partial charge in [0.1, 0.15) is 17.6 Å². The third-order valence-corrected chi connectivity index (χ3v) is 3.70. The molecule has 0 bridgehead atoms. The zero-order chi connectivity index (χ0) is 16.4. The molecule has 0 amide bonds. The lowest BCUT2D eigenvalue weighted by Crippen LogP contribution is -1.95. The second-order valence-corrected chi connectivity index (χ2v) is 5.60. The van der Waals surface area contributed by atoms with E-state index in [9.17, 15) is 4.39 Å². The van der Waals surface area contributed by atoms with Gasteiger partial charge < -0.3 is 0 Å². The highest BCUT2D eigenvalue weighted by molar-refractivity contribution is 5.59. The van der Waals surface area contributed by atoms with Crippen molar-refractivity contribution < 1.29 is 4.39 Å². The Balaban J connectivity index is 1.91. The maximum absolute atomic E-state index is 13.7. The highest BCUT2D eigenvalue weighted by Crippen LogP contribution is 2.21. The van der Waals surface area contributed by atoms with Crippen LogP contribution in [0.25, 0.3) is 16.9 Å². The van der Waals surface area contributed by atoms with Gasteiger partial charge >= 0.3 is 0 Å². The summed E-state index contributed by atoms with van der Waals surface area (Å²) in [6.45, 7) is 4.28. The quantitative estimate of drug-likeness (QED) is 0.733. The number of nitriles is 1. The molecule has 3 aromatic rings. The lowest BCUT2D eigenvalue weighted by Gasteiger charge is -2.06. The first-order chi connectivity index (χ1) is 11.1. The SMILES string of the molecule is CC(C)c1ccc(-n2cc(-c3ccc(C#N)c(F)c3)nn2)cc1. The molecule has 0 saturated heterocycles. The van der Waals surface area contributed by atoms with Crippen LogP contribution in [-0.2, 0) is 0 Å². The van der Waals surface area contributed by atoms with Crippen molar-refractivity contribution in [3.05, 3.63) is 65.6 Å². The molecule has 0 unspecified atom stereocenters. The molecule has 23 heavy (non-hydrogen) atoms. The molecule has 1 aromatic heterocycles. The Bertz CT molecular complexity index is 873. The average molecular weight is 306 g/mol. The first kappa shape index (κ1) is 14.9. The molecule has 0 N–H and O–H groups in total. The predicted octanol–water partition coefficient (Wildman–Crippen LogP) is 4.07. The normalized spacial score (nSPS) is 10.7. The third kappa shape index (κ3) is 2.97. The van der Waals surface area contributed by atoms with Gasteiger partial charge in [0.05, 0.1) is 17.4 Å². The molecule has 0 atom stereocenters. The van der Waals surface area contributed by atoms with Crippen molar-refractivity contribution in [2.24, 2.45) is 0 Å². The maximum atomic E-state index is 13.7. The van der Waals surface area contributed by atoms with Crippen LogP contribution in [0.3, 0.4) is 0 Å². The summed E-state index contributed by atoms with van der Waals surface area (Å²) >= 11 is 0. The second-order valence-electron chi connectivity index (χ2n) is 5.60. The van der Waals surface area contributed by atoms with Crippen molar-refractivity contribution in [2.45, 2.75) is 19.8 Å². The summed E-state index contributed by atoms with van der Waals surface area (Å²) in [5, 5.41) is 16.9. The Kier molecular flexibility index (Phi) is 3.90. The number of hydrogen-bond acceptors (Lipinski definition) is 3. The summed E-state index contributed by atoms with van der Waals surface area (Å²) in [5.41, 5.74) is 3.31. The van der Waals surface area contributed by atoms with Crippen molar-refractivity contribution in [1.29, 1.82) is 5.26 Å². The molecule has 5 heteroatoms. The number of aromatic nitrogens is 3. The monoisotopic (exact) mass is 306 g/mol. The van der Waals surface area contributed by atoms with E-state index in [1.165, 1.54) is 17.7 Å². The summed E-state index contributed by atoms with van der Waals surface area (Å²) in [6.07, 6.45) is 1.74. The largest absolute Gasteiger partial charge is 0.220 e. The van der Waals surface area contributed by atoms with Gasteiger partial charge in [-0.2, -0.15) is 5.26 Å². The van der Waals surface area contributed by atoms with Crippen molar-refractivity contribution >= 4 is 0 Å². The molecule has 0 spiro atoms. The minimum atomic E-state index is -0.555. The minimum Gasteiger partial charge on any atom is -0.220 e. The van der Waals surface area contributed by atoms with Gasteiger partial charge in [0, 0.05) is 5.56 Å². The van der Waals surface area contributed by atoms with E-state index in [1.807, 2.05) is 12.1 Å². The van der Waals surface area contributed by atoms with Crippen LogP contribution in [0.4, 0.5) is 4.39 Å². The summed E-state index contributed by atoms with van der Waals surface area (Å²) < 4.78 is 15.4. The Morgan fingerprint density at radius 2 is 1.87 bits per heavy atom. The predicted molar refractivity (Wildman–Crippen MR) is 85.6 cm³/mol. The van der Waals surface area contributed by atoms with Crippen molar-refractivity contribution in [3.63, 3.8) is 0 Å². The smallest absolute Gasteiger partial charge is 0.141 e. The Labute approximate surface area is 133 Å². The highest BCUT2D eigenvalue weighted by Gasteiger charge is 2.09. The van der Waals surface area contributed by atoms with Gasteiger partial charge in [-0.05, 0) is 35.7 Å². The Hall–Kier alpha value is -3.00. The van der Waals surface area contributed by atoms with Crippen LogP contribution in [0.1, 0.15) is 30.9 Å². The lowest BCUT2D eigenvalue weighted by atomic mass is 10.0. The first-order valence-electron chi connectivity index (χ1n) is 7.31. The van der Waals surface area contributed by atoms with E-state index < -0.39 is 5.82 Å². The topological polar surface area (TPSA) is 54.5 Å². The molecule has 0 aliphatic rings. The zero-order valence-corrected chi connectivity index (χ0v) is 12.9. The van der Waals surface area contributed by atoms with Crippen LogP contribution in [0, 0.1) is 17.1 Å². The second kappa shape index (κ2) is 6.01. The van der Waals surface area contributed by atoms with Crippen LogP contribution >= 0.6 is 0 Å². The molecule has 4 nitrogen and oxygen atoms in total. The van der Waals surface area contributed by atoms with E-state index in [2.05, 4.69) is 36.3 Å². The summed E-state index contributed by atoms with van der Waals surface area (Å²) in [7, 11) is 0. The summed E-state index contributed by atoms with van der Waals surface area (Å²) in [5.74, 6) is -0.0854. The molecule has 3 rings (SSSR count). The van der Waals surface area contributed by atoms with Gasteiger partial charge in [-0.25, -0.2) is 9.07 Å². The van der Waals surface area contributed by atoms with E-state index in [4.69, 9.17) is 5.26 Å². The number of nitrogens with zero attached hydrogens (tertiary/aromatic N) is 4. The van der Waals surface area contributed by atoms with Crippen LogP contribution in [0.15, 0.2) is 48.7 Å². The van der Waals surface area contributed by atoms with E-state index in [-0.39, 0.29) is 5.56 Å². The molecule has 0 aliphatic carbocycles. The van der Waals surface area contributed by atoms with E-state index >= 15 is 0 Å². The molecule has 0 saturated carbocycles. The van der Waals surface area contributed by atoms with Gasteiger partial charge in [0.2, 0.25) is 0 Å². The molecule has 0 aliphatic heterocycles. The number of halogens is 1. The Morgan fingerprint density at radius 3 is 2.48 bits per heavy atom. The van der Waals surface area contributed by atoms with E-state index in [1.54, 1.807) is 23.0 Å². The van der Waals surface area contributed by atoms with Crippen LogP contribution in [-0.4, -0.2) is 15.0 Å². The summed E-state index contributed by atoms with van der Waals surface area (Å²) in [6, 6.07) is 14.3. The molecular weight excluding hydrogens is 291 g/mol. The molecular formula is C18H15FN4. The van der Waals surface area contributed by atoms with Gasteiger partial charge in [-0.3, -0.25) is 0 Å². The minimum absolute atomic E-state index is 0.0189. The molecule has 0 radical (unpaired) electrons. The fourth-order valence-electron chi connectivity index (χ4n) is 2.30. The van der Waals surface area contributed by atoms with Gasteiger partial charge in [0.25, 0.3) is 0 Å². The first-order valence-corrected chi connectivity index (χ1v) is 7.31. The number of rotatable bonds is 3.